The molecule has 5 atom stereocenters. The monoisotopic (exact) mass is 261 g/mol. The van der Waals surface area contributed by atoms with Gasteiger partial charge in [-0.2, -0.15) is 0 Å². The summed E-state index contributed by atoms with van der Waals surface area (Å²) in [5.41, 5.74) is 7.80. The van der Waals surface area contributed by atoms with Crippen LogP contribution in [0.3, 0.4) is 0 Å². The van der Waals surface area contributed by atoms with Crippen molar-refractivity contribution < 1.29 is 0 Å². The van der Waals surface area contributed by atoms with E-state index in [4.69, 9.17) is 17.3 Å². The van der Waals surface area contributed by atoms with E-state index >= 15 is 0 Å². The summed E-state index contributed by atoms with van der Waals surface area (Å²) in [7, 11) is 0. The number of rotatable bonds is 3. The zero-order valence-corrected chi connectivity index (χ0v) is 11.3. The Balaban J connectivity index is 1.43. The quantitative estimate of drug-likeness (QED) is 0.886. The number of hydrogen-bond donors (Lipinski definition) is 1. The molecule has 3 aliphatic rings. The summed E-state index contributed by atoms with van der Waals surface area (Å²) in [6.45, 7) is 0. The van der Waals surface area contributed by atoms with Gasteiger partial charge in [0.15, 0.2) is 0 Å². The highest BCUT2D eigenvalue weighted by atomic mass is 35.5. The van der Waals surface area contributed by atoms with Crippen LogP contribution in [-0.4, -0.2) is 6.04 Å². The van der Waals surface area contributed by atoms with Crippen LogP contribution in [0.1, 0.15) is 24.8 Å². The van der Waals surface area contributed by atoms with Gasteiger partial charge in [0.05, 0.1) is 0 Å². The van der Waals surface area contributed by atoms with E-state index in [1.807, 2.05) is 12.1 Å². The molecule has 4 rings (SSSR count). The predicted octanol–water partition coefficient (Wildman–Crippen LogP) is 3.50. The van der Waals surface area contributed by atoms with E-state index in [0.717, 1.165) is 41.0 Å². The van der Waals surface area contributed by atoms with Crippen LogP contribution in [0.15, 0.2) is 24.3 Å². The highest BCUT2D eigenvalue weighted by Gasteiger charge is 2.65. The van der Waals surface area contributed by atoms with Gasteiger partial charge in [-0.3, -0.25) is 0 Å². The van der Waals surface area contributed by atoms with Crippen LogP contribution >= 0.6 is 11.6 Å². The summed E-state index contributed by atoms with van der Waals surface area (Å²) in [4.78, 5) is 0. The highest BCUT2D eigenvalue weighted by molar-refractivity contribution is 6.30. The Bertz CT molecular complexity index is 439. The number of benzene rings is 1. The van der Waals surface area contributed by atoms with Crippen LogP contribution in [0.5, 0.6) is 0 Å². The Morgan fingerprint density at radius 2 is 1.72 bits per heavy atom. The van der Waals surface area contributed by atoms with Crippen molar-refractivity contribution in [2.45, 2.75) is 31.7 Å². The molecule has 0 saturated heterocycles. The maximum absolute atomic E-state index is 6.46. The average Bonchev–Trinajstić information content (AvgIpc) is 2.82. The normalized spacial score (nSPS) is 41.8. The van der Waals surface area contributed by atoms with Gasteiger partial charge in [0.1, 0.15) is 0 Å². The van der Waals surface area contributed by atoms with Gasteiger partial charge in [0.2, 0.25) is 0 Å². The second kappa shape index (κ2) is 3.98. The van der Waals surface area contributed by atoms with Gasteiger partial charge in [-0.1, -0.05) is 23.7 Å². The minimum Gasteiger partial charge on any atom is -0.327 e. The highest BCUT2D eigenvalue weighted by Crippen LogP contribution is 2.70. The van der Waals surface area contributed by atoms with Crippen LogP contribution < -0.4 is 5.73 Å². The van der Waals surface area contributed by atoms with Gasteiger partial charge in [0, 0.05) is 11.1 Å². The largest absolute Gasteiger partial charge is 0.327 e. The maximum Gasteiger partial charge on any atom is 0.0406 e. The Labute approximate surface area is 114 Å². The van der Waals surface area contributed by atoms with Crippen molar-refractivity contribution in [1.29, 1.82) is 0 Å². The molecule has 18 heavy (non-hydrogen) atoms. The minimum atomic E-state index is 0.365. The minimum absolute atomic E-state index is 0.365. The third kappa shape index (κ3) is 1.64. The fourth-order valence-electron chi connectivity index (χ4n) is 4.99. The Hall–Kier alpha value is -0.530. The lowest BCUT2D eigenvalue weighted by Gasteiger charge is -2.16. The Morgan fingerprint density at radius 3 is 2.33 bits per heavy atom. The molecule has 1 aromatic rings. The first-order valence-corrected chi connectivity index (χ1v) is 7.62. The van der Waals surface area contributed by atoms with E-state index < -0.39 is 0 Å². The molecule has 0 amide bonds. The fraction of sp³-hybridized carbons (Fsp3) is 0.625. The second-order valence-corrected chi connectivity index (χ2v) is 7.00. The summed E-state index contributed by atoms with van der Waals surface area (Å²) >= 11 is 5.92. The van der Waals surface area contributed by atoms with Gasteiger partial charge < -0.3 is 5.73 Å². The van der Waals surface area contributed by atoms with E-state index in [-0.39, 0.29) is 0 Å². The summed E-state index contributed by atoms with van der Waals surface area (Å²) in [5, 5.41) is 0.814. The van der Waals surface area contributed by atoms with E-state index in [9.17, 15) is 0 Å². The van der Waals surface area contributed by atoms with Gasteiger partial charge in [-0.05, 0) is 73.0 Å². The molecule has 2 heteroatoms. The second-order valence-electron chi connectivity index (χ2n) is 6.56. The SMILES string of the molecule is NC(Cc1ccc(Cl)cc1)C1C2C3CCC(C3)C12. The lowest BCUT2D eigenvalue weighted by molar-refractivity contribution is 0.409. The molecular weight excluding hydrogens is 242 g/mol. The van der Waals surface area contributed by atoms with Gasteiger partial charge in [-0.25, -0.2) is 0 Å². The molecule has 0 aliphatic heterocycles. The smallest absolute Gasteiger partial charge is 0.0406 e. The first-order chi connectivity index (χ1) is 8.74. The first-order valence-electron chi connectivity index (χ1n) is 7.24. The van der Waals surface area contributed by atoms with Crippen LogP contribution in [-0.2, 0) is 6.42 Å². The summed E-state index contributed by atoms with van der Waals surface area (Å²) < 4.78 is 0. The van der Waals surface area contributed by atoms with Crippen LogP contribution in [0.2, 0.25) is 5.02 Å². The molecule has 3 fully saturated rings. The molecule has 2 N–H and O–H groups in total. The summed E-state index contributed by atoms with van der Waals surface area (Å²) in [6, 6.07) is 8.55. The third-order valence-electron chi connectivity index (χ3n) is 5.67. The zero-order valence-electron chi connectivity index (χ0n) is 10.6. The number of nitrogens with two attached hydrogens (primary N) is 1. The van der Waals surface area contributed by atoms with Gasteiger partial charge in [-0.15, -0.1) is 0 Å². The predicted molar refractivity (Wildman–Crippen MR) is 74.4 cm³/mol. The summed E-state index contributed by atoms with van der Waals surface area (Å²) in [5.74, 6) is 4.87. The molecule has 2 bridgehead atoms. The first kappa shape index (κ1) is 11.3. The molecule has 1 nitrogen and oxygen atoms in total. The zero-order chi connectivity index (χ0) is 12.3. The van der Waals surface area contributed by atoms with Gasteiger partial charge in [0.25, 0.3) is 0 Å². The van der Waals surface area contributed by atoms with E-state index in [0.29, 0.717) is 6.04 Å². The van der Waals surface area contributed by atoms with Crippen molar-refractivity contribution in [2.75, 3.05) is 0 Å². The topological polar surface area (TPSA) is 26.0 Å². The number of fused-ring (bicyclic) bond motifs is 5. The molecule has 3 aliphatic carbocycles. The molecule has 96 valence electrons. The number of halogens is 1. The van der Waals surface area contributed by atoms with Crippen LogP contribution in [0, 0.1) is 29.6 Å². The maximum atomic E-state index is 6.46. The van der Waals surface area contributed by atoms with Crippen molar-refractivity contribution in [1.82, 2.24) is 0 Å². The number of hydrogen-bond acceptors (Lipinski definition) is 1. The van der Waals surface area contributed by atoms with Crippen molar-refractivity contribution in [3.63, 3.8) is 0 Å². The Kier molecular flexibility index (Phi) is 2.50. The van der Waals surface area contributed by atoms with Crippen molar-refractivity contribution >= 4 is 11.6 Å². The van der Waals surface area contributed by atoms with Crippen molar-refractivity contribution in [3.05, 3.63) is 34.9 Å². The van der Waals surface area contributed by atoms with Gasteiger partial charge >= 0.3 is 0 Å². The standard InChI is InChI=1S/C16H20ClN/c17-12-5-1-9(2-6-12)7-13(18)16-14-10-3-4-11(8-10)15(14)16/h1-2,5-6,10-11,13-16H,3-4,7-8,18H2. The third-order valence-corrected chi connectivity index (χ3v) is 5.93. The summed E-state index contributed by atoms with van der Waals surface area (Å²) in [6.07, 6.45) is 5.50. The fourth-order valence-corrected chi connectivity index (χ4v) is 5.12. The molecule has 0 aromatic heterocycles. The van der Waals surface area contributed by atoms with E-state index in [1.54, 1.807) is 0 Å². The lowest BCUT2D eigenvalue weighted by Crippen LogP contribution is -2.28. The van der Waals surface area contributed by atoms with Crippen LogP contribution in [0.4, 0.5) is 0 Å². The lowest BCUT2D eigenvalue weighted by atomic mass is 9.94. The molecular formula is C16H20ClN. The molecule has 5 unspecified atom stereocenters. The average molecular weight is 262 g/mol. The van der Waals surface area contributed by atoms with Crippen molar-refractivity contribution in [3.8, 4) is 0 Å². The van der Waals surface area contributed by atoms with Crippen LogP contribution in [0.25, 0.3) is 0 Å². The molecule has 0 spiro atoms. The van der Waals surface area contributed by atoms with E-state index in [2.05, 4.69) is 12.1 Å². The molecule has 0 heterocycles. The van der Waals surface area contributed by atoms with Crippen molar-refractivity contribution in [2.24, 2.45) is 35.3 Å². The molecule has 0 radical (unpaired) electrons. The molecule has 1 aromatic carbocycles. The van der Waals surface area contributed by atoms with E-state index in [1.165, 1.54) is 24.8 Å². The molecule has 3 saturated carbocycles. The Morgan fingerprint density at radius 1 is 1.11 bits per heavy atom.